The van der Waals surface area contributed by atoms with Gasteiger partial charge in [-0.05, 0) is 77.1 Å². The maximum atomic E-state index is 13.1. The first-order valence-electron chi connectivity index (χ1n) is 15.4. The fourth-order valence-electron chi connectivity index (χ4n) is 4.60. The summed E-state index contributed by atoms with van der Waals surface area (Å²) >= 11 is 0. The molecule has 1 aromatic rings. The standard InChI is InChI=1S/C31H51N5O7/c1-31(2,3)43-30(40)35-25-15-13-23(14-16-25)28(38)33-18-9-8-12-26(29(39)34-24-10-6-4-5-7-11-24)36-27(37)22-42-21-20-41-19-17-32/h13-16,24,26H,4-12,17-22,32H2,1-3H3,(H,33,38)(H,34,39)(H,35,40)(H,36,37). The molecule has 0 radical (unpaired) electrons. The summed E-state index contributed by atoms with van der Waals surface area (Å²) in [6, 6.07) is 5.95. The lowest BCUT2D eigenvalue weighted by Crippen LogP contribution is -2.50. The van der Waals surface area contributed by atoms with Gasteiger partial charge in [-0.1, -0.05) is 25.7 Å². The first kappa shape index (κ1) is 36.0. The van der Waals surface area contributed by atoms with Crippen molar-refractivity contribution in [2.45, 2.75) is 96.2 Å². The lowest BCUT2D eigenvalue weighted by atomic mass is 10.1. The highest BCUT2D eigenvalue weighted by atomic mass is 16.6. The Bertz CT molecular complexity index is 989. The van der Waals surface area contributed by atoms with Gasteiger partial charge in [-0.3, -0.25) is 19.7 Å². The van der Waals surface area contributed by atoms with Crippen molar-refractivity contribution in [1.29, 1.82) is 0 Å². The van der Waals surface area contributed by atoms with Gasteiger partial charge < -0.3 is 35.9 Å². The molecule has 0 aromatic heterocycles. The van der Waals surface area contributed by atoms with Crippen LogP contribution < -0.4 is 27.0 Å². The van der Waals surface area contributed by atoms with Crippen molar-refractivity contribution in [1.82, 2.24) is 16.0 Å². The minimum Gasteiger partial charge on any atom is -0.444 e. The Morgan fingerprint density at radius 1 is 0.930 bits per heavy atom. The molecular weight excluding hydrogens is 554 g/mol. The van der Waals surface area contributed by atoms with Gasteiger partial charge in [-0.15, -0.1) is 0 Å². The third-order valence-corrected chi connectivity index (χ3v) is 6.72. The van der Waals surface area contributed by atoms with Gasteiger partial charge >= 0.3 is 6.09 Å². The monoisotopic (exact) mass is 605 g/mol. The van der Waals surface area contributed by atoms with Crippen LogP contribution >= 0.6 is 0 Å². The predicted molar refractivity (Wildman–Crippen MR) is 165 cm³/mol. The van der Waals surface area contributed by atoms with Crippen LogP contribution in [0, 0.1) is 0 Å². The van der Waals surface area contributed by atoms with Gasteiger partial charge in [-0.2, -0.15) is 0 Å². The van der Waals surface area contributed by atoms with Crippen molar-refractivity contribution >= 4 is 29.5 Å². The van der Waals surface area contributed by atoms with E-state index in [-0.39, 0.29) is 37.0 Å². The quantitative estimate of drug-likeness (QED) is 0.133. The van der Waals surface area contributed by atoms with E-state index in [9.17, 15) is 19.2 Å². The van der Waals surface area contributed by atoms with Gasteiger partial charge in [-0.25, -0.2) is 4.79 Å². The molecule has 0 heterocycles. The molecule has 1 saturated carbocycles. The van der Waals surface area contributed by atoms with Crippen molar-refractivity contribution in [3.63, 3.8) is 0 Å². The molecule has 4 amide bonds. The van der Waals surface area contributed by atoms with E-state index in [2.05, 4.69) is 21.3 Å². The maximum Gasteiger partial charge on any atom is 0.412 e. The highest BCUT2D eigenvalue weighted by Gasteiger charge is 2.24. The summed E-state index contributed by atoms with van der Waals surface area (Å²) in [4.78, 5) is 50.1. The number of nitrogens with one attached hydrogen (secondary N) is 4. The van der Waals surface area contributed by atoms with Gasteiger partial charge in [0, 0.05) is 30.4 Å². The second-order valence-electron chi connectivity index (χ2n) is 11.7. The number of amides is 4. The van der Waals surface area contributed by atoms with Gasteiger partial charge in [0.15, 0.2) is 0 Å². The first-order chi connectivity index (χ1) is 20.6. The molecule has 0 aliphatic heterocycles. The topological polar surface area (TPSA) is 170 Å². The Kier molecular flexibility index (Phi) is 16.6. The normalized spacial score (nSPS) is 14.7. The summed E-state index contributed by atoms with van der Waals surface area (Å²) in [6.45, 7) is 7.04. The highest BCUT2D eigenvalue weighted by Crippen LogP contribution is 2.18. The number of unbranched alkanes of at least 4 members (excludes halogenated alkanes) is 1. The second kappa shape index (κ2) is 19.9. The number of benzene rings is 1. The summed E-state index contributed by atoms with van der Waals surface area (Å²) in [6.07, 6.45) is 7.54. The van der Waals surface area contributed by atoms with Crippen LogP contribution in [0.5, 0.6) is 0 Å². The molecule has 43 heavy (non-hydrogen) atoms. The van der Waals surface area contributed by atoms with E-state index in [1.165, 1.54) is 12.8 Å². The lowest BCUT2D eigenvalue weighted by Gasteiger charge is -2.23. The van der Waals surface area contributed by atoms with Crippen LogP contribution in [0.3, 0.4) is 0 Å². The Labute approximate surface area is 255 Å². The van der Waals surface area contributed by atoms with Crippen LogP contribution in [0.1, 0.15) is 88.9 Å². The molecule has 1 unspecified atom stereocenters. The Morgan fingerprint density at radius 3 is 2.26 bits per heavy atom. The molecule has 0 bridgehead atoms. The van der Waals surface area contributed by atoms with Gasteiger partial charge in [0.05, 0.1) is 19.8 Å². The Balaban J connectivity index is 1.79. The molecule has 1 aliphatic rings. The number of hydrogen-bond donors (Lipinski definition) is 5. The van der Waals surface area contributed by atoms with Crippen LogP contribution in [0.2, 0.25) is 0 Å². The second-order valence-corrected chi connectivity index (χ2v) is 11.7. The van der Waals surface area contributed by atoms with Gasteiger partial charge in [0.2, 0.25) is 11.8 Å². The lowest BCUT2D eigenvalue weighted by molar-refractivity contribution is -0.132. The van der Waals surface area contributed by atoms with E-state index in [4.69, 9.17) is 19.9 Å². The Hall–Kier alpha value is -3.22. The number of ether oxygens (including phenoxy) is 3. The number of nitrogens with two attached hydrogens (primary N) is 1. The molecule has 0 saturated heterocycles. The van der Waals surface area contributed by atoms with Crippen molar-refractivity contribution in [3.8, 4) is 0 Å². The summed E-state index contributed by atoms with van der Waals surface area (Å²) in [5, 5.41) is 11.5. The minimum absolute atomic E-state index is 0.121. The fraction of sp³-hybridized carbons (Fsp3) is 0.677. The summed E-state index contributed by atoms with van der Waals surface area (Å²) in [5.41, 5.74) is 5.75. The van der Waals surface area contributed by atoms with E-state index in [0.29, 0.717) is 56.8 Å². The van der Waals surface area contributed by atoms with E-state index in [1.54, 1.807) is 45.0 Å². The summed E-state index contributed by atoms with van der Waals surface area (Å²) < 4.78 is 15.8. The first-order valence-corrected chi connectivity index (χ1v) is 15.4. The van der Waals surface area contributed by atoms with Crippen LogP contribution in [0.4, 0.5) is 10.5 Å². The molecule has 12 heteroatoms. The summed E-state index contributed by atoms with van der Waals surface area (Å²) in [5.74, 6) is -0.791. The number of carbonyl (C=O) groups is 4. The van der Waals surface area contributed by atoms with Crippen molar-refractivity contribution < 1.29 is 33.4 Å². The van der Waals surface area contributed by atoms with Gasteiger partial charge in [0.1, 0.15) is 18.2 Å². The largest absolute Gasteiger partial charge is 0.444 e. The minimum atomic E-state index is -0.687. The number of hydrogen-bond acceptors (Lipinski definition) is 8. The zero-order chi connectivity index (χ0) is 31.5. The van der Waals surface area contributed by atoms with Crippen molar-refractivity contribution in [3.05, 3.63) is 29.8 Å². The molecule has 242 valence electrons. The number of rotatable bonds is 17. The van der Waals surface area contributed by atoms with Crippen LogP contribution in [-0.2, 0) is 23.8 Å². The highest BCUT2D eigenvalue weighted by molar-refractivity contribution is 5.95. The summed E-state index contributed by atoms with van der Waals surface area (Å²) in [7, 11) is 0. The molecule has 1 aromatic carbocycles. The molecular formula is C31H51N5O7. The molecule has 1 aliphatic carbocycles. The predicted octanol–water partition coefficient (Wildman–Crippen LogP) is 3.25. The molecule has 1 fully saturated rings. The molecule has 6 N–H and O–H groups in total. The van der Waals surface area contributed by atoms with Crippen LogP contribution in [0.25, 0.3) is 0 Å². The molecule has 2 rings (SSSR count). The van der Waals surface area contributed by atoms with E-state index < -0.39 is 17.7 Å². The maximum absolute atomic E-state index is 13.1. The van der Waals surface area contributed by atoms with E-state index in [0.717, 1.165) is 25.7 Å². The molecule has 0 spiro atoms. The smallest absolute Gasteiger partial charge is 0.412 e. The van der Waals surface area contributed by atoms with Crippen molar-refractivity contribution in [2.24, 2.45) is 5.73 Å². The zero-order valence-corrected chi connectivity index (χ0v) is 26.0. The van der Waals surface area contributed by atoms with Crippen LogP contribution in [-0.4, -0.2) is 81.0 Å². The van der Waals surface area contributed by atoms with Gasteiger partial charge in [0.25, 0.3) is 5.91 Å². The molecule has 1 atom stereocenters. The van der Waals surface area contributed by atoms with Crippen LogP contribution in [0.15, 0.2) is 24.3 Å². The fourth-order valence-corrected chi connectivity index (χ4v) is 4.60. The average Bonchev–Trinajstić information content (AvgIpc) is 3.22. The van der Waals surface area contributed by atoms with Crippen molar-refractivity contribution in [2.75, 3.05) is 44.8 Å². The Morgan fingerprint density at radius 2 is 1.60 bits per heavy atom. The third kappa shape index (κ3) is 16.3. The number of anilines is 1. The number of carbonyl (C=O) groups excluding carboxylic acids is 4. The van der Waals surface area contributed by atoms with E-state index in [1.807, 2.05) is 0 Å². The zero-order valence-electron chi connectivity index (χ0n) is 26.0. The third-order valence-electron chi connectivity index (χ3n) is 6.72. The average molecular weight is 606 g/mol. The molecule has 12 nitrogen and oxygen atoms in total. The van der Waals surface area contributed by atoms with E-state index >= 15 is 0 Å². The SMILES string of the molecule is CC(C)(C)OC(=O)Nc1ccc(C(=O)NCCCCC(NC(=O)COCCOCCN)C(=O)NC2CCCCCC2)cc1.